The van der Waals surface area contributed by atoms with Gasteiger partial charge in [-0.3, -0.25) is 0 Å². The van der Waals surface area contributed by atoms with E-state index >= 15 is 0 Å². The average Bonchev–Trinajstić information content (AvgIpc) is 2.88. The number of hydrogen-bond donors (Lipinski definition) is 1. The number of nitrogens with zero attached hydrogens (tertiary/aromatic N) is 1. The molecule has 0 fully saturated rings. The molecule has 108 valence electrons. The third-order valence-electron chi connectivity index (χ3n) is 3.63. The molecule has 0 aliphatic rings. The predicted molar refractivity (Wildman–Crippen MR) is 85.2 cm³/mol. The van der Waals surface area contributed by atoms with Gasteiger partial charge in [0.15, 0.2) is 0 Å². The van der Waals surface area contributed by atoms with Crippen molar-refractivity contribution >= 4 is 22.5 Å². The SMILES string of the molecule is NCCc1cccc2ccn(Cc3cc(F)ccc3Cl)c12. The van der Waals surface area contributed by atoms with Gasteiger partial charge in [-0.15, -0.1) is 0 Å². The fourth-order valence-electron chi connectivity index (χ4n) is 2.68. The minimum atomic E-state index is -0.270. The van der Waals surface area contributed by atoms with Gasteiger partial charge in [0.05, 0.1) is 5.52 Å². The third kappa shape index (κ3) is 2.80. The van der Waals surface area contributed by atoms with Crippen LogP contribution in [0.5, 0.6) is 0 Å². The Morgan fingerprint density at radius 2 is 1.95 bits per heavy atom. The maximum Gasteiger partial charge on any atom is 0.123 e. The fraction of sp³-hybridized carbons (Fsp3) is 0.176. The summed E-state index contributed by atoms with van der Waals surface area (Å²) >= 11 is 6.17. The summed E-state index contributed by atoms with van der Waals surface area (Å²) in [5.74, 6) is -0.270. The molecule has 1 aromatic heterocycles. The molecule has 3 aromatic rings. The Morgan fingerprint density at radius 3 is 2.76 bits per heavy atom. The van der Waals surface area contributed by atoms with Crippen molar-refractivity contribution in [3.05, 3.63) is 70.6 Å². The van der Waals surface area contributed by atoms with Crippen LogP contribution in [0.2, 0.25) is 5.02 Å². The summed E-state index contributed by atoms with van der Waals surface area (Å²) in [6, 6.07) is 12.7. The highest BCUT2D eigenvalue weighted by molar-refractivity contribution is 6.31. The molecule has 0 saturated carbocycles. The highest BCUT2D eigenvalue weighted by Gasteiger charge is 2.09. The van der Waals surface area contributed by atoms with Crippen molar-refractivity contribution in [3.63, 3.8) is 0 Å². The summed E-state index contributed by atoms with van der Waals surface area (Å²) in [4.78, 5) is 0. The maximum absolute atomic E-state index is 13.4. The fourth-order valence-corrected chi connectivity index (χ4v) is 2.86. The van der Waals surface area contributed by atoms with Crippen molar-refractivity contribution in [3.8, 4) is 0 Å². The Labute approximate surface area is 127 Å². The van der Waals surface area contributed by atoms with Crippen LogP contribution in [0.25, 0.3) is 10.9 Å². The quantitative estimate of drug-likeness (QED) is 0.776. The molecule has 0 saturated heterocycles. The molecule has 0 bridgehead atoms. The van der Waals surface area contributed by atoms with Gasteiger partial charge in [0.1, 0.15) is 5.82 Å². The highest BCUT2D eigenvalue weighted by Crippen LogP contribution is 2.24. The van der Waals surface area contributed by atoms with Crippen LogP contribution in [0.4, 0.5) is 4.39 Å². The van der Waals surface area contributed by atoms with E-state index in [2.05, 4.69) is 22.8 Å². The van der Waals surface area contributed by atoms with E-state index in [-0.39, 0.29) is 5.82 Å². The largest absolute Gasteiger partial charge is 0.343 e. The van der Waals surface area contributed by atoms with Crippen molar-refractivity contribution in [1.82, 2.24) is 4.57 Å². The molecule has 0 aliphatic carbocycles. The molecular weight excluding hydrogens is 287 g/mol. The molecule has 0 atom stereocenters. The van der Waals surface area contributed by atoms with Gasteiger partial charge >= 0.3 is 0 Å². The van der Waals surface area contributed by atoms with Gasteiger partial charge < -0.3 is 10.3 Å². The van der Waals surface area contributed by atoms with E-state index in [1.165, 1.54) is 17.7 Å². The van der Waals surface area contributed by atoms with Crippen LogP contribution in [0.3, 0.4) is 0 Å². The number of halogens is 2. The zero-order valence-corrected chi connectivity index (χ0v) is 12.3. The first-order valence-corrected chi connectivity index (χ1v) is 7.27. The lowest BCUT2D eigenvalue weighted by atomic mass is 10.1. The van der Waals surface area contributed by atoms with Gasteiger partial charge in [-0.1, -0.05) is 29.8 Å². The Hall–Kier alpha value is -1.84. The van der Waals surface area contributed by atoms with Crippen LogP contribution in [-0.2, 0) is 13.0 Å². The molecule has 4 heteroatoms. The van der Waals surface area contributed by atoms with Crippen LogP contribution in [0.15, 0.2) is 48.7 Å². The lowest BCUT2D eigenvalue weighted by Crippen LogP contribution is -2.06. The van der Waals surface area contributed by atoms with Gasteiger partial charge in [-0.05, 0) is 53.7 Å². The summed E-state index contributed by atoms with van der Waals surface area (Å²) in [6.45, 7) is 1.15. The molecule has 3 rings (SSSR count). The summed E-state index contributed by atoms with van der Waals surface area (Å²) in [6.07, 6.45) is 2.82. The van der Waals surface area contributed by atoms with E-state index < -0.39 is 0 Å². The van der Waals surface area contributed by atoms with Crippen LogP contribution >= 0.6 is 11.6 Å². The average molecular weight is 303 g/mol. The van der Waals surface area contributed by atoms with Gasteiger partial charge in [-0.2, -0.15) is 0 Å². The van der Waals surface area contributed by atoms with Crippen molar-refractivity contribution in [2.24, 2.45) is 5.73 Å². The molecule has 2 aromatic carbocycles. The molecule has 0 spiro atoms. The number of para-hydroxylation sites is 1. The van der Waals surface area contributed by atoms with E-state index in [1.54, 1.807) is 6.07 Å². The van der Waals surface area contributed by atoms with Crippen LogP contribution < -0.4 is 5.73 Å². The van der Waals surface area contributed by atoms with Crippen molar-refractivity contribution in [2.75, 3.05) is 6.54 Å². The first-order chi connectivity index (χ1) is 10.2. The van der Waals surface area contributed by atoms with Crippen molar-refractivity contribution in [2.45, 2.75) is 13.0 Å². The molecule has 2 N–H and O–H groups in total. The molecule has 1 heterocycles. The lowest BCUT2D eigenvalue weighted by molar-refractivity contribution is 0.624. The second kappa shape index (κ2) is 5.88. The van der Waals surface area contributed by atoms with E-state index in [4.69, 9.17) is 17.3 Å². The smallest absolute Gasteiger partial charge is 0.123 e. The predicted octanol–water partition coefficient (Wildman–Crippen LogP) is 3.98. The standard InChI is InChI=1S/C17H16ClFN2/c18-16-5-4-15(19)10-14(16)11-21-9-7-13-3-1-2-12(6-8-20)17(13)21/h1-5,7,9-10H,6,8,11,20H2. The second-order valence-electron chi connectivity index (χ2n) is 5.07. The van der Waals surface area contributed by atoms with Crippen LogP contribution in [0, 0.1) is 5.82 Å². The normalized spacial score (nSPS) is 11.2. The van der Waals surface area contributed by atoms with E-state index in [0.29, 0.717) is 18.1 Å². The summed E-state index contributed by atoms with van der Waals surface area (Å²) < 4.78 is 15.5. The van der Waals surface area contributed by atoms with Crippen LogP contribution in [-0.4, -0.2) is 11.1 Å². The number of benzene rings is 2. The molecular formula is C17H16ClFN2. The Morgan fingerprint density at radius 1 is 1.10 bits per heavy atom. The molecule has 2 nitrogen and oxygen atoms in total. The number of nitrogens with two attached hydrogens (primary N) is 1. The van der Waals surface area contributed by atoms with Gasteiger partial charge in [0.25, 0.3) is 0 Å². The number of rotatable bonds is 4. The monoisotopic (exact) mass is 302 g/mol. The van der Waals surface area contributed by atoms with Crippen molar-refractivity contribution in [1.29, 1.82) is 0 Å². The minimum Gasteiger partial charge on any atom is -0.343 e. The number of fused-ring (bicyclic) bond motifs is 1. The third-order valence-corrected chi connectivity index (χ3v) is 4.00. The highest BCUT2D eigenvalue weighted by atomic mass is 35.5. The van der Waals surface area contributed by atoms with E-state index in [1.807, 2.05) is 12.3 Å². The first kappa shape index (κ1) is 14.1. The van der Waals surface area contributed by atoms with Crippen LogP contribution in [0.1, 0.15) is 11.1 Å². The topological polar surface area (TPSA) is 30.9 Å². The second-order valence-corrected chi connectivity index (χ2v) is 5.48. The van der Waals surface area contributed by atoms with Gasteiger partial charge in [0, 0.05) is 17.8 Å². The van der Waals surface area contributed by atoms with Crippen molar-refractivity contribution < 1.29 is 4.39 Å². The minimum absolute atomic E-state index is 0.270. The van der Waals surface area contributed by atoms with Gasteiger partial charge in [-0.25, -0.2) is 4.39 Å². The maximum atomic E-state index is 13.4. The molecule has 21 heavy (non-hydrogen) atoms. The zero-order valence-electron chi connectivity index (χ0n) is 11.5. The number of hydrogen-bond acceptors (Lipinski definition) is 1. The first-order valence-electron chi connectivity index (χ1n) is 6.90. The molecule has 0 radical (unpaired) electrons. The van der Waals surface area contributed by atoms with Gasteiger partial charge in [0.2, 0.25) is 0 Å². The molecule has 0 aliphatic heterocycles. The Kier molecular flexibility index (Phi) is 3.95. The Balaban J connectivity index is 2.06. The van der Waals surface area contributed by atoms with E-state index in [0.717, 1.165) is 22.9 Å². The lowest BCUT2D eigenvalue weighted by Gasteiger charge is -2.11. The molecule has 0 unspecified atom stereocenters. The summed E-state index contributed by atoms with van der Waals surface area (Å²) in [7, 11) is 0. The zero-order chi connectivity index (χ0) is 14.8. The molecule has 0 amide bonds. The van der Waals surface area contributed by atoms with E-state index in [9.17, 15) is 4.39 Å². The summed E-state index contributed by atoms with van der Waals surface area (Å²) in [5, 5.41) is 1.74. The summed E-state index contributed by atoms with van der Waals surface area (Å²) in [5.41, 5.74) is 8.81. The Bertz CT molecular complexity index is 780. The number of aromatic nitrogens is 1.